The molecule has 4 aromatic rings. The second kappa shape index (κ2) is 6.68. The van der Waals surface area contributed by atoms with Crippen molar-refractivity contribution >= 4 is 5.78 Å². The van der Waals surface area contributed by atoms with Crippen LogP contribution in [0.5, 0.6) is 0 Å². The molecule has 6 nitrogen and oxygen atoms in total. The van der Waals surface area contributed by atoms with Crippen molar-refractivity contribution in [2.45, 2.75) is 6.92 Å². The van der Waals surface area contributed by atoms with Crippen molar-refractivity contribution in [2.75, 3.05) is 0 Å². The summed E-state index contributed by atoms with van der Waals surface area (Å²) < 4.78 is 5.73. The van der Waals surface area contributed by atoms with Gasteiger partial charge >= 0.3 is 0 Å². The Labute approximate surface area is 149 Å². The lowest BCUT2D eigenvalue weighted by Gasteiger charge is -2.03. The molecule has 0 saturated carbocycles. The molecule has 0 N–H and O–H groups in total. The lowest BCUT2D eigenvalue weighted by Crippen LogP contribution is -1.94. The summed E-state index contributed by atoms with van der Waals surface area (Å²) in [5, 5.41) is 8.14. The largest absolute Gasteiger partial charge is 0.415 e. The van der Waals surface area contributed by atoms with Gasteiger partial charge in [-0.3, -0.25) is 9.78 Å². The summed E-state index contributed by atoms with van der Waals surface area (Å²) in [6.07, 6.45) is 3.21. The molecular formula is C20H14N4O2. The molecule has 0 bridgehead atoms. The van der Waals surface area contributed by atoms with E-state index >= 15 is 0 Å². The average Bonchev–Trinajstić information content (AvgIpc) is 3.19. The highest BCUT2D eigenvalue weighted by Crippen LogP contribution is 2.24. The zero-order valence-electron chi connectivity index (χ0n) is 14.0. The Morgan fingerprint density at radius 3 is 2.38 bits per heavy atom. The summed E-state index contributed by atoms with van der Waals surface area (Å²) in [6.45, 7) is 1.53. The highest BCUT2D eigenvalue weighted by molar-refractivity contribution is 5.95. The fourth-order valence-corrected chi connectivity index (χ4v) is 2.53. The maximum Gasteiger partial charge on any atom is 0.268 e. The summed E-state index contributed by atoms with van der Waals surface area (Å²) in [7, 11) is 0. The van der Waals surface area contributed by atoms with Gasteiger partial charge < -0.3 is 4.42 Å². The van der Waals surface area contributed by atoms with Gasteiger partial charge in [-0.05, 0) is 25.1 Å². The van der Waals surface area contributed by atoms with Gasteiger partial charge in [-0.2, -0.15) is 0 Å². The van der Waals surface area contributed by atoms with Crippen LogP contribution in [0.4, 0.5) is 0 Å². The van der Waals surface area contributed by atoms with Crippen LogP contribution in [0.3, 0.4) is 0 Å². The van der Waals surface area contributed by atoms with Crippen molar-refractivity contribution < 1.29 is 9.21 Å². The Bertz CT molecular complexity index is 1070. The van der Waals surface area contributed by atoms with Crippen LogP contribution in [0.25, 0.3) is 34.3 Å². The minimum atomic E-state index is 0.000341. The maximum atomic E-state index is 11.6. The van der Waals surface area contributed by atoms with Gasteiger partial charge in [0.1, 0.15) is 5.69 Å². The highest BCUT2D eigenvalue weighted by atomic mass is 16.4. The molecule has 0 atom stereocenters. The van der Waals surface area contributed by atoms with Gasteiger partial charge in [-0.1, -0.05) is 36.4 Å². The van der Waals surface area contributed by atoms with Crippen LogP contribution in [0.1, 0.15) is 17.3 Å². The molecule has 0 radical (unpaired) electrons. The SMILES string of the molecule is CC(=O)c1cccc(-c2cncc(-c3nnc(-c4ccccc4)o3)n2)c1. The topological polar surface area (TPSA) is 81.8 Å². The van der Waals surface area contributed by atoms with Gasteiger partial charge in [0.05, 0.1) is 18.1 Å². The van der Waals surface area contributed by atoms with E-state index in [4.69, 9.17) is 4.42 Å². The Morgan fingerprint density at radius 1 is 0.846 bits per heavy atom. The van der Waals surface area contributed by atoms with Crippen LogP contribution >= 0.6 is 0 Å². The Kier molecular flexibility index (Phi) is 4.07. The standard InChI is InChI=1S/C20H14N4O2/c1-13(25)15-8-5-9-16(10-15)17-11-21-12-18(22-17)20-24-23-19(26-20)14-6-3-2-4-7-14/h2-12H,1H3. The number of benzene rings is 2. The molecule has 126 valence electrons. The van der Waals surface area contributed by atoms with Crippen molar-refractivity contribution in [2.24, 2.45) is 0 Å². The molecule has 0 unspecified atom stereocenters. The smallest absolute Gasteiger partial charge is 0.268 e. The summed E-state index contributed by atoms with van der Waals surface area (Å²) in [4.78, 5) is 20.4. The van der Waals surface area contributed by atoms with E-state index in [0.29, 0.717) is 28.7 Å². The van der Waals surface area contributed by atoms with E-state index in [1.807, 2.05) is 42.5 Å². The fraction of sp³-hybridized carbons (Fsp3) is 0.0500. The number of nitrogens with zero attached hydrogens (tertiary/aromatic N) is 4. The molecule has 6 heteroatoms. The average molecular weight is 342 g/mol. The van der Waals surface area contributed by atoms with Crippen molar-refractivity contribution in [3.8, 4) is 34.3 Å². The third-order valence-electron chi connectivity index (χ3n) is 3.86. The van der Waals surface area contributed by atoms with Gasteiger partial charge in [0.15, 0.2) is 5.78 Å². The summed E-state index contributed by atoms with van der Waals surface area (Å²) in [6, 6.07) is 16.8. The third-order valence-corrected chi connectivity index (χ3v) is 3.86. The number of carbonyl (C=O) groups excluding carboxylic acids is 1. The Morgan fingerprint density at radius 2 is 1.58 bits per heavy atom. The molecule has 0 aliphatic carbocycles. The van der Waals surface area contributed by atoms with Crippen molar-refractivity contribution in [1.82, 2.24) is 20.2 Å². The first-order valence-corrected chi connectivity index (χ1v) is 8.03. The molecule has 0 aliphatic rings. The molecule has 0 fully saturated rings. The number of aromatic nitrogens is 4. The summed E-state index contributed by atoms with van der Waals surface area (Å²) >= 11 is 0. The second-order valence-corrected chi connectivity index (χ2v) is 5.70. The minimum absolute atomic E-state index is 0.000341. The first kappa shape index (κ1) is 15.8. The first-order chi connectivity index (χ1) is 12.7. The van der Waals surface area contributed by atoms with Gasteiger partial charge in [-0.25, -0.2) is 4.98 Å². The van der Waals surface area contributed by atoms with E-state index in [1.54, 1.807) is 24.5 Å². The fourth-order valence-electron chi connectivity index (χ4n) is 2.53. The van der Waals surface area contributed by atoms with Crippen LogP contribution in [0, 0.1) is 0 Å². The molecule has 26 heavy (non-hydrogen) atoms. The third kappa shape index (κ3) is 3.12. The molecule has 2 aromatic carbocycles. The second-order valence-electron chi connectivity index (χ2n) is 5.70. The number of rotatable bonds is 4. The number of hydrogen-bond donors (Lipinski definition) is 0. The Hall–Kier alpha value is -3.67. The first-order valence-electron chi connectivity index (χ1n) is 8.03. The number of Topliss-reactive ketones (excluding diaryl/α,β-unsaturated/α-hetero) is 1. The van der Waals surface area contributed by atoms with Gasteiger partial charge in [0.2, 0.25) is 5.89 Å². The molecule has 2 heterocycles. The normalized spacial score (nSPS) is 10.7. The highest BCUT2D eigenvalue weighted by Gasteiger charge is 2.13. The van der Waals surface area contributed by atoms with E-state index < -0.39 is 0 Å². The lowest BCUT2D eigenvalue weighted by molar-refractivity contribution is 0.101. The van der Waals surface area contributed by atoms with E-state index in [0.717, 1.165) is 11.1 Å². The quantitative estimate of drug-likeness (QED) is 0.520. The van der Waals surface area contributed by atoms with Crippen LogP contribution in [0.15, 0.2) is 71.4 Å². The zero-order chi connectivity index (χ0) is 17.9. The van der Waals surface area contributed by atoms with E-state index in [9.17, 15) is 4.79 Å². The van der Waals surface area contributed by atoms with Crippen molar-refractivity contribution in [3.63, 3.8) is 0 Å². The van der Waals surface area contributed by atoms with Crippen LogP contribution in [-0.2, 0) is 0 Å². The van der Waals surface area contributed by atoms with E-state index in [-0.39, 0.29) is 5.78 Å². The molecule has 2 aromatic heterocycles. The van der Waals surface area contributed by atoms with Gasteiger partial charge in [-0.15, -0.1) is 10.2 Å². The lowest BCUT2D eigenvalue weighted by atomic mass is 10.1. The van der Waals surface area contributed by atoms with Crippen LogP contribution in [-0.4, -0.2) is 25.9 Å². The van der Waals surface area contributed by atoms with Crippen molar-refractivity contribution in [3.05, 3.63) is 72.6 Å². The number of ketones is 1. The van der Waals surface area contributed by atoms with Crippen LogP contribution < -0.4 is 0 Å². The molecule has 0 amide bonds. The molecule has 4 rings (SSSR count). The summed E-state index contributed by atoms with van der Waals surface area (Å²) in [5.41, 5.74) is 3.37. The van der Waals surface area contributed by atoms with Gasteiger partial charge in [0, 0.05) is 16.7 Å². The van der Waals surface area contributed by atoms with E-state index in [2.05, 4.69) is 20.2 Å². The number of carbonyl (C=O) groups is 1. The zero-order valence-corrected chi connectivity index (χ0v) is 14.0. The molecular weight excluding hydrogens is 328 g/mol. The molecule has 0 spiro atoms. The molecule has 0 aliphatic heterocycles. The van der Waals surface area contributed by atoms with Crippen molar-refractivity contribution in [1.29, 1.82) is 0 Å². The number of hydrogen-bond acceptors (Lipinski definition) is 6. The molecule has 0 saturated heterocycles. The van der Waals surface area contributed by atoms with Gasteiger partial charge in [0.25, 0.3) is 5.89 Å². The Balaban J connectivity index is 1.70. The summed E-state index contributed by atoms with van der Waals surface area (Å²) in [5.74, 6) is 0.715. The van der Waals surface area contributed by atoms with E-state index in [1.165, 1.54) is 6.92 Å². The monoisotopic (exact) mass is 342 g/mol. The minimum Gasteiger partial charge on any atom is -0.415 e. The predicted octanol–water partition coefficient (Wildman–Crippen LogP) is 4.06. The maximum absolute atomic E-state index is 11.6. The van der Waals surface area contributed by atoms with Crippen LogP contribution in [0.2, 0.25) is 0 Å². The predicted molar refractivity (Wildman–Crippen MR) is 96.2 cm³/mol.